The fourth-order valence-electron chi connectivity index (χ4n) is 3.89. The molecule has 142 valence electrons. The lowest BCUT2D eigenvalue weighted by Crippen LogP contribution is -2.51. The number of ether oxygens (including phenoxy) is 2. The topological polar surface area (TPSA) is 55.8 Å². The van der Waals surface area contributed by atoms with Crippen molar-refractivity contribution in [3.8, 4) is 0 Å². The zero-order chi connectivity index (χ0) is 18.4. The zero-order valence-corrected chi connectivity index (χ0v) is 15.6. The summed E-state index contributed by atoms with van der Waals surface area (Å²) in [6.45, 7) is 2.80. The molecule has 0 aromatic heterocycles. The smallest absolute Gasteiger partial charge is 0.411 e. The molecule has 0 N–H and O–H groups in total. The third-order valence-corrected chi connectivity index (χ3v) is 5.48. The number of nitrogens with zero attached hydrogens (tertiary/aromatic N) is 1. The number of hydrogen-bond acceptors (Lipinski definition) is 4. The van der Waals surface area contributed by atoms with Crippen LogP contribution in [-0.2, 0) is 20.9 Å². The number of benzene rings is 1. The maximum atomic E-state index is 12.8. The molecule has 1 aliphatic carbocycles. The number of piperidine rings is 1. The molecule has 1 aliphatic heterocycles. The van der Waals surface area contributed by atoms with E-state index in [9.17, 15) is 9.59 Å². The summed E-state index contributed by atoms with van der Waals surface area (Å²) in [6, 6.07) is 9.06. The third-order valence-electron chi connectivity index (χ3n) is 5.48. The maximum Gasteiger partial charge on any atom is 0.411 e. The Morgan fingerprint density at radius 3 is 2.54 bits per heavy atom. The van der Waals surface area contributed by atoms with Crippen molar-refractivity contribution in [1.82, 2.24) is 4.90 Å². The van der Waals surface area contributed by atoms with Crippen molar-refractivity contribution in [2.45, 2.75) is 76.5 Å². The van der Waals surface area contributed by atoms with Gasteiger partial charge < -0.3 is 9.47 Å². The second-order valence-corrected chi connectivity index (χ2v) is 7.68. The Hall–Kier alpha value is -2.04. The van der Waals surface area contributed by atoms with Crippen LogP contribution in [-0.4, -0.2) is 35.2 Å². The van der Waals surface area contributed by atoms with Gasteiger partial charge in [0.25, 0.3) is 0 Å². The van der Waals surface area contributed by atoms with E-state index in [1.54, 1.807) is 4.90 Å². The van der Waals surface area contributed by atoms with Gasteiger partial charge in [-0.05, 0) is 57.4 Å². The third kappa shape index (κ3) is 4.77. The predicted octanol–water partition coefficient (Wildman–Crippen LogP) is 4.44. The molecule has 0 radical (unpaired) electrons. The Morgan fingerprint density at radius 2 is 1.81 bits per heavy atom. The van der Waals surface area contributed by atoms with Crippen LogP contribution in [0.25, 0.3) is 0 Å². The molecule has 1 saturated heterocycles. The summed E-state index contributed by atoms with van der Waals surface area (Å²) in [5.41, 5.74) is 0.547. The van der Waals surface area contributed by atoms with Gasteiger partial charge in [0.1, 0.15) is 18.2 Å². The van der Waals surface area contributed by atoms with Crippen molar-refractivity contribution in [2.24, 2.45) is 0 Å². The SMILES string of the molecule is CC1(OC(=O)N2CCCCC2C(=O)OCc2ccccc2)CCCCC1. The molecule has 26 heavy (non-hydrogen) atoms. The molecular formula is C21H29NO4. The average Bonchev–Trinajstić information content (AvgIpc) is 2.67. The first kappa shape index (κ1) is 18.7. The minimum absolute atomic E-state index is 0.233. The summed E-state index contributed by atoms with van der Waals surface area (Å²) in [5, 5.41) is 0. The van der Waals surface area contributed by atoms with Gasteiger partial charge in [-0.2, -0.15) is 0 Å². The molecule has 1 aromatic carbocycles. The Kier molecular flexibility index (Phi) is 6.17. The van der Waals surface area contributed by atoms with E-state index in [-0.39, 0.29) is 18.7 Å². The lowest BCUT2D eigenvalue weighted by atomic mass is 9.86. The number of esters is 1. The molecule has 5 nitrogen and oxygen atoms in total. The first-order valence-corrected chi connectivity index (χ1v) is 9.78. The second-order valence-electron chi connectivity index (χ2n) is 7.68. The molecule has 2 aliphatic rings. The molecule has 0 bridgehead atoms. The highest BCUT2D eigenvalue weighted by molar-refractivity contribution is 5.81. The van der Waals surface area contributed by atoms with E-state index in [4.69, 9.17) is 9.47 Å². The molecule has 2 fully saturated rings. The van der Waals surface area contributed by atoms with Crippen molar-refractivity contribution in [3.05, 3.63) is 35.9 Å². The molecule has 1 aromatic rings. The first-order valence-electron chi connectivity index (χ1n) is 9.78. The monoisotopic (exact) mass is 359 g/mol. The fraction of sp³-hybridized carbons (Fsp3) is 0.619. The summed E-state index contributed by atoms with van der Waals surface area (Å²) >= 11 is 0. The van der Waals surface area contributed by atoms with Crippen LogP contribution in [0.4, 0.5) is 4.79 Å². The maximum absolute atomic E-state index is 12.8. The average molecular weight is 359 g/mol. The van der Waals surface area contributed by atoms with Gasteiger partial charge in [-0.15, -0.1) is 0 Å². The number of likely N-dealkylation sites (tertiary alicyclic amines) is 1. The molecule has 1 unspecified atom stereocenters. The van der Waals surface area contributed by atoms with E-state index in [2.05, 4.69) is 0 Å². The van der Waals surface area contributed by atoms with E-state index in [1.807, 2.05) is 37.3 Å². The summed E-state index contributed by atoms with van der Waals surface area (Å²) < 4.78 is 11.3. The van der Waals surface area contributed by atoms with Crippen molar-refractivity contribution in [1.29, 1.82) is 0 Å². The Labute approximate surface area is 155 Å². The summed E-state index contributed by atoms with van der Waals surface area (Å²) in [6.07, 6.45) is 7.27. The van der Waals surface area contributed by atoms with E-state index in [0.717, 1.165) is 44.1 Å². The van der Waals surface area contributed by atoms with Gasteiger partial charge in [-0.25, -0.2) is 9.59 Å². The largest absolute Gasteiger partial charge is 0.459 e. The van der Waals surface area contributed by atoms with Crippen LogP contribution in [0.3, 0.4) is 0 Å². The van der Waals surface area contributed by atoms with Crippen molar-refractivity contribution in [3.63, 3.8) is 0 Å². The molecular weight excluding hydrogens is 330 g/mol. The first-order chi connectivity index (χ1) is 12.6. The van der Waals surface area contributed by atoms with Gasteiger partial charge in [0.2, 0.25) is 0 Å². The number of carbonyl (C=O) groups excluding carboxylic acids is 2. The Balaban J connectivity index is 1.59. The van der Waals surface area contributed by atoms with Crippen molar-refractivity contribution < 1.29 is 19.1 Å². The molecule has 3 rings (SSSR count). The van der Waals surface area contributed by atoms with Gasteiger partial charge >= 0.3 is 12.1 Å². The van der Waals surface area contributed by atoms with Crippen molar-refractivity contribution in [2.75, 3.05) is 6.54 Å². The highest BCUT2D eigenvalue weighted by Gasteiger charge is 2.38. The van der Waals surface area contributed by atoms with Crippen LogP contribution in [0.2, 0.25) is 0 Å². The normalized spacial score (nSPS) is 22.5. The van der Waals surface area contributed by atoms with Crippen LogP contribution in [0, 0.1) is 0 Å². The van der Waals surface area contributed by atoms with Crippen molar-refractivity contribution >= 4 is 12.1 Å². The lowest BCUT2D eigenvalue weighted by molar-refractivity contribution is -0.152. The molecule has 0 spiro atoms. The van der Waals surface area contributed by atoms with Crippen LogP contribution in [0.5, 0.6) is 0 Å². The number of amides is 1. The standard InChI is InChI=1S/C21H29NO4/c1-21(13-7-3-8-14-21)26-20(24)22-15-9-6-12-18(22)19(23)25-16-17-10-4-2-5-11-17/h2,4-5,10-11,18H,3,6-9,12-16H2,1H3. The molecule has 5 heteroatoms. The fourth-order valence-corrected chi connectivity index (χ4v) is 3.89. The minimum atomic E-state index is -0.535. The van der Waals surface area contributed by atoms with Crippen LogP contribution in [0.1, 0.15) is 63.9 Å². The lowest BCUT2D eigenvalue weighted by Gasteiger charge is -2.38. The molecule has 1 amide bonds. The number of carbonyl (C=O) groups is 2. The Bertz CT molecular complexity index is 610. The number of rotatable bonds is 4. The van der Waals surface area contributed by atoms with E-state index < -0.39 is 11.6 Å². The Morgan fingerprint density at radius 1 is 1.08 bits per heavy atom. The van der Waals surface area contributed by atoms with Gasteiger partial charge in [-0.1, -0.05) is 36.8 Å². The minimum Gasteiger partial charge on any atom is -0.459 e. The number of hydrogen-bond donors (Lipinski definition) is 0. The van der Waals surface area contributed by atoms with E-state index in [0.29, 0.717) is 13.0 Å². The van der Waals surface area contributed by atoms with E-state index >= 15 is 0 Å². The summed E-state index contributed by atoms with van der Waals surface area (Å²) in [5.74, 6) is -0.334. The molecule has 1 atom stereocenters. The highest BCUT2D eigenvalue weighted by Crippen LogP contribution is 2.32. The predicted molar refractivity (Wildman–Crippen MR) is 98.6 cm³/mol. The van der Waals surface area contributed by atoms with E-state index in [1.165, 1.54) is 6.42 Å². The van der Waals surface area contributed by atoms with Gasteiger partial charge in [0, 0.05) is 6.54 Å². The summed E-state index contributed by atoms with van der Waals surface area (Å²) in [4.78, 5) is 26.9. The zero-order valence-electron chi connectivity index (χ0n) is 15.6. The van der Waals surface area contributed by atoms with Crippen LogP contribution < -0.4 is 0 Å². The second kappa shape index (κ2) is 8.56. The van der Waals surface area contributed by atoms with Crippen LogP contribution in [0.15, 0.2) is 30.3 Å². The molecule has 1 saturated carbocycles. The molecule has 1 heterocycles. The summed E-state index contributed by atoms with van der Waals surface area (Å²) in [7, 11) is 0. The van der Waals surface area contributed by atoms with Crippen LogP contribution >= 0.6 is 0 Å². The van der Waals surface area contributed by atoms with Gasteiger partial charge in [0.05, 0.1) is 0 Å². The van der Waals surface area contributed by atoms with Gasteiger partial charge in [-0.3, -0.25) is 4.90 Å². The van der Waals surface area contributed by atoms with Gasteiger partial charge in [0.15, 0.2) is 0 Å². The highest BCUT2D eigenvalue weighted by atomic mass is 16.6. The quantitative estimate of drug-likeness (QED) is 0.746.